The molecule has 1 amide bonds. The summed E-state index contributed by atoms with van der Waals surface area (Å²) < 4.78 is 37.8. The van der Waals surface area contributed by atoms with Gasteiger partial charge in [-0.3, -0.25) is 4.79 Å². The Kier molecular flexibility index (Phi) is 7.67. The van der Waals surface area contributed by atoms with Crippen molar-refractivity contribution in [3.63, 3.8) is 0 Å². The fourth-order valence-electron chi connectivity index (χ4n) is 3.57. The number of fused-ring (bicyclic) bond motifs is 1. The largest absolute Gasteiger partial charge is 0.490 e. The smallest absolute Gasteiger partial charge is 0.475 e. The van der Waals surface area contributed by atoms with Crippen LogP contribution >= 0.6 is 11.3 Å². The van der Waals surface area contributed by atoms with Gasteiger partial charge < -0.3 is 20.1 Å². The number of ether oxygens (including phenoxy) is 1. The highest BCUT2D eigenvalue weighted by molar-refractivity contribution is 7.09. The van der Waals surface area contributed by atoms with E-state index >= 15 is 0 Å². The normalized spacial score (nSPS) is 22.5. The third-order valence-electron chi connectivity index (χ3n) is 5.21. The SMILES string of the molecule is Cc1ccc(N2CC[C@H]3C[C@H](C(=O)NCc4cccs4)O[C@@H]3C2)nn1.O=C(O)C(F)(F)F. The van der Waals surface area contributed by atoms with E-state index in [0.717, 1.165) is 42.3 Å². The van der Waals surface area contributed by atoms with Crippen LogP contribution in [0.5, 0.6) is 0 Å². The van der Waals surface area contributed by atoms with Crippen LogP contribution in [0.3, 0.4) is 0 Å². The first-order chi connectivity index (χ1) is 15.1. The van der Waals surface area contributed by atoms with Gasteiger partial charge in [-0.25, -0.2) is 4.79 Å². The van der Waals surface area contributed by atoms with Gasteiger partial charge in [0.1, 0.15) is 6.10 Å². The molecule has 2 aliphatic heterocycles. The van der Waals surface area contributed by atoms with Crippen molar-refractivity contribution >= 4 is 29.0 Å². The highest BCUT2D eigenvalue weighted by Gasteiger charge is 2.42. The average Bonchev–Trinajstić information content (AvgIpc) is 3.41. The quantitative estimate of drug-likeness (QED) is 0.705. The van der Waals surface area contributed by atoms with Gasteiger partial charge in [-0.15, -0.1) is 16.4 Å². The van der Waals surface area contributed by atoms with Gasteiger partial charge in [0.25, 0.3) is 0 Å². The van der Waals surface area contributed by atoms with E-state index in [1.807, 2.05) is 36.6 Å². The molecule has 0 saturated carbocycles. The first-order valence-electron chi connectivity index (χ1n) is 9.94. The molecular weight excluding hydrogens is 449 g/mol. The zero-order valence-electron chi connectivity index (χ0n) is 17.2. The molecule has 2 aromatic heterocycles. The predicted molar refractivity (Wildman–Crippen MR) is 110 cm³/mol. The summed E-state index contributed by atoms with van der Waals surface area (Å²) in [6.45, 7) is 4.22. The standard InChI is InChI=1S/C18H22N4O2S.C2HF3O2/c1-12-4-5-17(21-20-12)22-7-6-13-9-15(24-16(13)11-22)18(23)19-10-14-3-2-8-25-14;3-2(4,5)1(6)7/h2-5,8,13,15-16H,6-7,9-11H2,1H3,(H,19,23);(H,6,7)/t13-,15+,16+;/m0./s1. The highest BCUT2D eigenvalue weighted by Crippen LogP contribution is 2.34. The number of hydrogen-bond donors (Lipinski definition) is 2. The van der Waals surface area contributed by atoms with Gasteiger partial charge in [-0.2, -0.15) is 18.3 Å². The predicted octanol–water partition coefficient (Wildman–Crippen LogP) is 2.78. The molecule has 0 bridgehead atoms. The summed E-state index contributed by atoms with van der Waals surface area (Å²) in [4.78, 5) is 24.7. The van der Waals surface area contributed by atoms with Crippen LogP contribution in [-0.4, -0.2) is 58.7 Å². The fourth-order valence-corrected chi connectivity index (χ4v) is 4.21. The molecule has 174 valence electrons. The zero-order valence-corrected chi connectivity index (χ0v) is 18.0. The molecule has 2 aromatic rings. The maximum absolute atomic E-state index is 12.4. The number of carbonyl (C=O) groups is 2. The molecule has 2 aliphatic rings. The van der Waals surface area contributed by atoms with Gasteiger partial charge >= 0.3 is 12.1 Å². The molecule has 0 aromatic carbocycles. The van der Waals surface area contributed by atoms with Crippen LogP contribution in [-0.2, 0) is 20.9 Å². The number of piperidine rings is 1. The number of anilines is 1. The Labute approximate surface area is 186 Å². The number of carboxylic acids is 1. The number of nitrogens with zero attached hydrogens (tertiary/aromatic N) is 3. The van der Waals surface area contributed by atoms with E-state index in [0.29, 0.717) is 12.5 Å². The summed E-state index contributed by atoms with van der Waals surface area (Å²) in [5.41, 5.74) is 0.915. The molecule has 0 radical (unpaired) electrons. The lowest BCUT2D eigenvalue weighted by molar-refractivity contribution is -0.192. The first-order valence-corrected chi connectivity index (χ1v) is 10.8. The number of hydrogen-bond acceptors (Lipinski definition) is 7. The summed E-state index contributed by atoms with van der Waals surface area (Å²) in [5, 5.41) is 20.5. The van der Waals surface area contributed by atoms with E-state index in [-0.39, 0.29) is 18.1 Å². The van der Waals surface area contributed by atoms with Crippen LogP contribution in [0, 0.1) is 12.8 Å². The zero-order chi connectivity index (χ0) is 23.3. The minimum Gasteiger partial charge on any atom is -0.475 e. The van der Waals surface area contributed by atoms with E-state index in [1.165, 1.54) is 0 Å². The molecule has 3 atom stereocenters. The van der Waals surface area contributed by atoms with Crippen molar-refractivity contribution in [1.82, 2.24) is 15.5 Å². The van der Waals surface area contributed by atoms with Crippen molar-refractivity contribution in [3.8, 4) is 0 Å². The van der Waals surface area contributed by atoms with E-state index < -0.39 is 12.1 Å². The van der Waals surface area contributed by atoms with Gasteiger partial charge in [-0.05, 0) is 49.3 Å². The number of aromatic nitrogens is 2. The molecule has 32 heavy (non-hydrogen) atoms. The summed E-state index contributed by atoms with van der Waals surface area (Å²) >= 11 is 1.65. The van der Waals surface area contributed by atoms with Gasteiger partial charge in [0.05, 0.1) is 18.3 Å². The van der Waals surface area contributed by atoms with E-state index in [2.05, 4.69) is 20.4 Å². The Balaban J connectivity index is 0.000000360. The maximum atomic E-state index is 12.4. The number of carboxylic acid groups (broad SMARTS) is 1. The van der Waals surface area contributed by atoms with Gasteiger partial charge in [0.15, 0.2) is 5.82 Å². The summed E-state index contributed by atoms with van der Waals surface area (Å²) in [5.74, 6) is -1.41. The highest BCUT2D eigenvalue weighted by atomic mass is 32.1. The Bertz CT molecular complexity index is 909. The van der Waals surface area contributed by atoms with Crippen LogP contribution in [0.25, 0.3) is 0 Å². The molecule has 4 rings (SSSR count). The molecule has 0 aliphatic carbocycles. The third-order valence-corrected chi connectivity index (χ3v) is 6.09. The second-order valence-corrected chi connectivity index (χ2v) is 8.56. The number of thiophene rings is 1. The lowest BCUT2D eigenvalue weighted by Crippen LogP contribution is -2.43. The Morgan fingerprint density at radius 1 is 1.31 bits per heavy atom. The Morgan fingerprint density at radius 3 is 2.66 bits per heavy atom. The summed E-state index contributed by atoms with van der Waals surface area (Å²) in [6, 6.07) is 8.00. The molecule has 2 saturated heterocycles. The number of amides is 1. The summed E-state index contributed by atoms with van der Waals surface area (Å²) in [7, 11) is 0. The van der Waals surface area contributed by atoms with E-state index in [4.69, 9.17) is 14.6 Å². The Morgan fingerprint density at radius 2 is 2.06 bits per heavy atom. The van der Waals surface area contributed by atoms with Crippen LogP contribution in [0.1, 0.15) is 23.4 Å². The van der Waals surface area contributed by atoms with Crippen LogP contribution < -0.4 is 10.2 Å². The molecule has 12 heteroatoms. The van der Waals surface area contributed by atoms with Gasteiger partial charge in [0.2, 0.25) is 5.91 Å². The number of carbonyl (C=O) groups excluding carboxylic acids is 1. The number of aliphatic carboxylic acids is 1. The lowest BCUT2D eigenvalue weighted by Gasteiger charge is -2.34. The molecular formula is C20H23F3N4O4S. The Hall–Kier alpha value is -2.73. The molecule has 2 fully saturated rings. The first kappa shape index (κ1) is 23.9. The second kappa shape index (κ2) is 10.3. The van der Waals surface area contributed by atoms with Crippen molar-refractivity contribution in [3.05, 3.63) is 40.2 Å². The summed E-state index contributed by atoms with van der Waals surface area (Å²) in [6.07, 6.45) is -3.49. The van der Waals surface area contributed by atoms with E-state index in [9.17, 15) is 18.0 Å². The van der Waals surface area contributed by atoms with Crippen molar-refractivity contribution in [2.75, 3.05) is 18.0 Å². The molecule has 8 nitrogen and oxygen atoms in total. The van der Waals surface area contributed by atoms with Crippen molar-refractivity contribution in [1.29, 1.82) is 0 Å². The van der Waals surface area contributed by atoms with E-state index in [1.54, 1.807) is 11.3 Å². The van der Waals surface area contributed by atoms with Crippen molar-refractivity contribution in [2.24, 2.45) is 5.92 Å². The fraction of sp³-hybridized carbons (Fsp3) is 0.500. The number of aryl methyl sites for hydroxylation is 1. The number of halogens is 3. The molecule has 0 spiro atoms. The van der Waals surface area contributed by atoms with Gasteiger partial charge in [-0.1, -0.05) is 6.07 Å². The third kappa shape index (κ3) is 6.39. The maximum Gasteiger partial charge on any atom is 0.490 e. The number of rotatable bonds is 4. The van der Waals surface area contributed by atoms with Crippen LogP contribution in [0.15, 0.2) is 29.6 Å². The van der Waals surface area contributed by atoms with Gasteiger partial charge in [0, 0.05) is 18.0 Å². The average molecular weight is 472 g/mol. The number of alkyl halides is 3. The number of nitrogens with one attached hydrogen (secondary N) is 1. The van der Waals surface area contributed by atoms with Crippen LogP contribution in [0.2, 0.25) is 0 Å². The minimum absolute atomic E-state index is 0.00415. The molecule has 2 N–H and O–H groups in total. The lowest BCUT2D eigenvalue weighted by atomic mass is 9.91. The van der Waals surface area contributed by atoms with Crippen molar-refractivity contribution in [2.45, 2.75) is 44.7 Å². The van der Waals surface area contributed by atoms with Crippen LogP contribution in [0.4, 0.5) is 19.0 Å². The topological polar surface area (TPSA) is 105 Å². The monoisotopic (exact) mass is 472 g/mol. The van der Waals surface area contributed by atoms with Crippen molar-refractivity contribution < 1.29 is 32.6 Å². The molecule has 4 heterocycles. The minimum atomic E-state index is -5.08. The molecule has 0 unspecified atom stereocenters. The second-order valence-electron chi connectivity index (χ2n) is 7.53.